The van der Waals surface area contributed by atoms with E-state index < -0.39 is 30.2 Å². The minimum Gasteiger partial charge on any atom is -0.480 e. The van der Waals surface area contributed by atoms with Gasteiger partial charge in [-0.25, -0.2) is 4.39 Å². The number of esters is 1. The predicted molar refractivity (Wildman–Crippen MR) is 49.7 cm³/mol. The van der Waals surface area contributed by atoms with E-state index in [1.54, 1.807) is 0 Å². The molecule has 0 heterocycles. The first-order valence-corrected chi connectivity index (χ1v) is 4.36. The van der Waals surface area contributed by atoms with Crippen LogP contribution in [0.25, 0.3) is 0 Å². The summed E-state index contributed by atoms with van der Waals surface area (Å²) in [5.74, 6) is -2.08. The summed E-state index contributed by atoms with van der Waals surface area (Å²) in [5.41, 5.74) is 10.3. The number of methoxy groups -OCH3 is 1. The highest BCUT2D eigenvalue weighted by atomic mass is 19.1. The third kappa shape index (κ3) is 4.71. The Kier molecular flexibility index (Phi) is 5.80. The molecule has 0 saturated carbocycles. The Morgan fingerprint density at radius 1 is 1.40 bits per heavy atom. The summed E-state index contributed by atoms with van der Waals surface area (Å²) < 4.78 is 17.4. The minimum atomic E-state index is -1.72. The van der Waals surface area contributed by atoms with Gasteiger partial charge >= 0.3 is 11.9 Å². The van der Waals surface area contributed by atoms with Gasteiger partial charge in [0, 0.05) is 0 Å². The van der Waals surface area contributed by atoms with E-state index in [4.69, 9.17) is 16.6 Å². The van der Waals surface area contributed by atoms with Crippen LogP contribution < -0.4 is 11.5 Å². The number of rotatable bonds is 6. The zero-order valence-electron chi connectivity index (χ0n) is 8.35. The van der Waals surface area contributed by atoms with E-state index in [0.717, 1.165) is 7.11 Å². The molecule has 0 aliphatic rings. The van der Waals surface area contributed by atoms with Crippen molar-refractivity contribution in [2.24, 2.45) is 11.5 Å². The lowest BCUT2D eigenvalue weighted by atomic mass is 10.0. The first-order chi connectivity index (χ1) is 6.90. The maximum absolute atomic E-state index is 13.1. The molecule has 0 saturated heterocycles. The smallest absolute Gasteiger partial charge is 0.323 e. The maximum atomic E-state index is 13.1. The van der Waals surface area contributed by atoms with Crippen molar-refractivity contribution in [2.75, 3.05) is 7.11 Å². The molecule has 3 atom stereocenters. The molecule has 0 aromatic carbocycles. The van der Waals surface area contributed by atoms with E-state index >= 15 is 0 Å². The first kappa shape index (κ1) is 13.8. The number of hydrogen-bond donors (Lipinski definition) is 3. The van der Waals surface area contributed by atoms with E-state index in [1.807, 2.05) is 0 Å². The van der Waals surface area contributed by atoms with Crippen LogP contribution in [0, 0.1) is 0 Å². The number of aliphatic carboxylic acids is 1. The van der Waals surface area contributed by atoms with Gasteiger partial charge in [0.1, 0.15) is 18.3 Å². The Bertz CT molecular complexity index is 237. The molecule has 0 aliphatic heterocycles. The Hall–Kier alpha value is -1.21. The van der Waals surface area contributed by atoms with Gasteiger partial charge in [-0.1, -0.05) is 0 Å². The average molecular weight is 222 g/mol. The highest BCUT2D eigenvalue weighted by molar-refractivity contribution is 5.75. The van der Waals surface area contributed by atoms with E-state index in [0.29, 0.717) is 0 Å². The normalized spacial score (nSPS) is 16.5. The Morgan fingerprint density at radius 2 is 1.93 bits per heavy atom. The number of hydrogen-bond acceptors (Lipinski definition) is 5. The molecule has 0 radical (unpaired) electrons. The van der Waals surface area contributed by atoms with Gasteiger partial charge in [0.15, 0.2) is 0 Å². The van der Waals surface area contributed by atoms with E-state index in [2.05, 4.69) is 4.74 Å². The van der Waals surface area contributed by atoms with Gasteiger partial charge < -0.3 is 21.3 Å². The number of ether oxygens (including phenoxy) is 1. The molecule has 0 aliphatic carbocycles. The molecule has 0 fully saturated rings. The van der Waals surface area contributed by atoms with Gasteiger partial charge in [-0.05, 0) is 12.8 Å². The summed E-state index contributed by atoms with van der Waals surface area (Å²) in [6.45, 7) is 0. The number of nitrogens with two attached hydrogens (primary N) is 2. The SMILES string of the molecule is COC(=O)[C@@H](N)CCC(F)C(N)C(=O)O. The van der Waals surface area contributed by atoms with Gasteiger partial charge in [-0.3, -0.25) is 9.59 Å². The van der Waals surface area contributed by atoms with Crippen molar-refractivity contribution in [3.63, 3.8) is 0 Å². The summed E-state index contributed by atoms with van der Waals surface area (Å²) >= 11 is 0. The molecule has 0 spiro atoms. The Labute approximate surface area is 86.4 Å². The standard InChI is InChI=1S/C8H15FN2O4/c1-15-8(14)5(10)3-2-4(9)6(11)7(12)13/h4-6H,2-3,10-11H2,1H3,(H,12,13)/t4?,5-,6?/m0/s1. The summed E-state index contributed by atoms with van der Waals surface area (Å²) in [6.07, 6.45) is -1.92. The van der Waals surface area contributed by atoms with Crippen LogP contribution in [0.15, 0.2) is 0 Å². The van der Waals surface area contributed by atoms with Crippen LogP contribution in [0.1, 0.15) is 12.8 Å². The fourth-order valence-electron chi connectivity index (χ4n) is 0.942. The van der Waals surface area contributed by atoms with Crippen molar-refractivity contribution in [3.8, 4) is 0 Å². The minimum absolute atomic E-state index is 0.00514. The molecule has 0 amide bonds. The van der Waals surface area contributed by atoms with E-state index in [-0.39, 0.29) is 12.8 Å². The van der Waals surface area contributed by atoms with Gasteiger partial charge in [-0.15, -0.1) is 0 Å². The largest absolute Gasteiger partial charge is 0.480 e. The van der Waals surface area contributed by atoms with Crippen LogP contribution in [0.3, 0.4) is 0 Å². The lowest BCUT2D eigenvalue weighted by Gasteiger charge is -2.14. The van der Waals surface area contributed by atoms with Crippen molar-refractivity contribution < 1.29 is 23.8 Å². The molecule has 5 N–H and O–H groups in total. The number of carbonyl (C=O) groups is 2. The lowest BCUT2D eigenvalue weighted by Crippen LogP contribution is -2.41. The molecule has 88 valence electrons. The second kappa shape index (κ2) is 6.31. The van der Waals surface area contributed by atoms with Crippen LogP contribution in [-0.4, -0.2) is 42.4 Å². The maximum Gasteiger partial charge on any atom is 0.323 e. The summed E-state index contributed by atoms with van der Waals surface area (Å²) in [6, 6.07) is -2.54. The number of carboxylic acid groups (broad SMARTS) is 1. The fraction of sp³-hybridized carbons (Fsp3) is 0.750. The summed E-state index contributed by atoms with van der Waals surface area (Å²) in [5, 5.41) is 8.39. The molecular formula is C8H15FN2O4. The number of carboxylic acids is 1. The van der Waals surface area contributed by atoms with Gasteiger partial charge in [0.2, 0.25) is 0 Å². The van der Waals surface area contributed by atoms with Gasteiger partial charge in [0.05, 0.1) is 7.11 Å². The van der Waals surface area contributed by atoms with E-state index in [1.165, 1.54) is 0 Å². The van der Waals surface area contributed by atoms with Crippen LogP contribution in [-0.2, 0) is 14.3 Å². The molecule has 0 aromatic heterocycles. The first-order valence-electron chi connectivity index (χ1n) is 4.36. The third-order valence-electron chi connectivity index (χ3n) is 1.93. The quantitative estimate of drug-likeness (QED) is 0.497. The highest BCUT2D eigenvalue weighted by Gasteiger charge is 2.25. The average Bonchev–Trinajstić information content (AvgIpc) is 2.22. The van der Waals surface area contributed by atoms with Crippen molar-refractivity contribution in [2.45, 2.75) is 31.1 Å². The summed E-state index contributed by atoms with van der Waals surface area (Å²) in [4.78, 5) is 21.1. The third-order valence-corrected chi connectivity index (χ3v) is 1.93. The van der Waals surface area contributed by atoms with Crippen LogP contribution in [0.2, 0.25) is 0 Å². The monoisotopic (exact) mass is 222 g/mol. The van der Waals surface area contributed by atoms with Gasteiger partial charge in [-0.2, -0.15) is 0 Å². The van der Waals surface area contributed by atoms with Crippen LogP contribution in [0.4, 0.5) is 4.39 Å². The molecular weight excluding hydrogens is 207 g/mol. The lowest BCUT2D eigenvalue weighted by molar-refractivity contribution is -0.142. The number of halogens is 1. The number of carbonyl (C=O) groups excluding carboxylic acids is 1. The topological polar surface area (TPSA) is 116 Å². The van der Waals surface area contributed by atoms with Crippen molar-refractivity contribution in [1.29, 1.82) is 0 Å². The molecule has 15 heavy (non-hydrogen) atoms. The Morgan fingerprint density at radius 3 is 2.33 bits per heavy atom. The second-order valence-corrected chi connectivity index (χ2v) is 3.09. The van der Waals surface area contributed by atoms with Crippen LogP contribution >= 0.6 is 0 Å². The van der Waals surface area contributed by atoms with Crippen molar-refractivity contribution in [3.05, 3.63) is 0 Å². The molecule has 7 heteroatoms. The molecule has 0 aromatic rings. The van der Waals surface area contributed by atoms with Crippen LogP contribution in [0.5, 0.6) is 0 Å². The highest BCUT2D eigenvalue weighted by Crippen LogP contribution is 2.08. The van der Waals surface area contributed by atoms with E-state index in [9.17, 15) is 14.0 Å². The zero-order chi connectivity index (χ0) is 12.0. The van der Waals surface area contributed by atoms with Crippen molar-refractivity contribution in [1.82, 2.24) is 0 Å². The van der Waals surface area contributed by atoms with Crippen molar-refractivity contribution >= 4 is 11.9 Å². The second-order valence-electron chi connectivity index (χ2n) is 3.09. The molecule has 0 bridgehead atoms. The molecule has 2 unspecified atom stereocenters. The summed E-state index contributed by atoms with van der Waals surface area (Å²) in [7, 11) is 1.16. The predicted octanol–water partition coefficient (Wildman–Crippen LogP) is -0.983. The molecule has 6 nitrogen and oxygen atoms in total. The number of alkyl halides is 1. The molecule has 0 rings (SSSR count). The fourth-order valence-corrected chi connectivity index (χ4v) is 0.942. The van der Waals surface area contributed by atoms with Gasteiger partial charge in [0.25, 0.3) is 0 Å². The zero-order valence-corrected chi connectivity index (χ0v) is 8.35. The Balaban J connectivity index is 3.95.